The van der Waals surface area contributed by atoms with Gasteiger partial charge in [-0.05, 0) is 54.3 Å². The van der Waals surface area contributed by atoms with Crippen molar-refractivity contribution in [3.8, 4) is 0 Å². The lowest BCUT2D eigenvalue weighted by Gasteiger charge is -2.44. The monoisotopic (exact) mass is 411 g/mol. The number of aliphatic imine (C=N–C) groups is 1. The van der Waals surface area contributed by atoms with Crippen molar-refractivity contribution in [2.24, 2.45) is 4.99 Å². The minimum atomic E-state index is -4.37. The molecule has 0 atom stereocenters. The van der Waals surface area contributed by atoms with Gasteiger partial charge in [0.2, 0.25) is 0 Å². The molecule has 0 aromatic heterocycles. The van der Waals surface area contributed by atoms with Crippen molar-refractivity contribution in [1.82, 2.24) is 4.90 Å². The fourth-order valence-corrected chi connectivity index (χ4v) is 4.89. The van der Waals surface area contributed by atoms with Crippen LogP contribution in [0.15, 0.2) is 59.4 Å². The Morgan fingerprint density at radius 3 is 2.50 bits per heavy atom. The third-order valence-electron chi connectivity index (χ3n) is 6.41. The van der Waals surface area contributed by atoms with E-state index in [4.69, 9.17) is 0 Å². The number of hydrogen-bond acceptors (Lipinski definition) is 3. The zero-order valence-corrected chi connectivity index (χ0v) is 17.1. The molecule has 0 N–H and O–H groups in total. The first kappa shape index (κ1) is 19.2. The van der Waals surface area contributed by atoms with Crippen LogP contribution < -0.4 is 4.90 Å². The molecule has 0 fully saturated rings. The molecule has 0 radical (unpaired) electrons. The van der Waals surface area contributed by atoms with Crippen LogP contribution in [0.5, 0.6) is 0 Å². The first-order valence-corrected chi connectivity index (χ1v) is 10.4. The van der Waals surface area contributed by atoms with Crippen LogP contribution >= 0.6 is 0 Å². The van der Waals surface area contributed by atoms with Crippen molar-refractivity contribution in [2.75, 3.05) is 18.0 Å². The van der Waals surface area contributed by atoms with E-state index in [-0.39, 0.29) is 0 Å². The highest BCUT2D eigenvalue weighted by molar-refractivity contribution is 5.89. The van der Waals surface area contributed by atoms with Crippen LogP contribution in [0, 0.1) is 0 Å². The maximum Gasteiger partial charge on any atom is 0.416 e. The second kappa shape index (κ2) is 6.62. The first-order valence-electron chi connectivity index (χ1n) is 10.4. The summed E-state index contributed by atoms with van der Waals surface area (Å²) in [5.74, 6) is 2.08. The summed E-state index contributed by atoms with van der Waals surface area (Å²) in [6.45, 7) is 5.70. The second-order valence-electron chi connectivity index (χ2n) is 8.61. The summed E-state index contributed by atoms with van der Waals surface area (Å²) in [5.41, 5.74) is 2.40. The van der Waals surface area contributed by atoms with Crippen LogP contribution in [0.2, 0.25) is 0 Å². The van der Waals surface area contributed by atoms with Gasteiger partial charge in [0, 0.05) is 24.9 Å². The Morgan fingerprint density at radius 1 is 1.00 bits per heavy atom. The van der Waals surface area contributed by atoms with E-state index in [1.165, 1.54) is 12.1 Å². The number of benzene rings is 2. The molecule has 30 heavy (non-hydrogen) atoms. The molecule has 0 bridgehead atoms. The molecular formula is C24H24F3N3. The van der Waals surface area contributed by atoms with Crippen LogP contribution in [0.25, 0.3) is 0 Å². The zero-order chi connectivity index (χ0) is 21.1. The predicted octanol–water partition coefficient (Wildman–Crippen LogP) is 6.22. The third kappa shape index (κ3) is 2.84. The number of rotatable bonds is 1. The Hall–Kier alpha value is -2.76. The quantitative estimate of drug-likeness (QED) is 0.555. The van der Waals surface area contributed by atoms with Gasteiger partial charge in [0.05, 0.1) is 16.9 Å². The lowest BCUT2D eigenvalue weighted by molar-refractivity contribution is -0.137. The van der Waals surface area contributed by atoms with E-state index < -0.39 is 17.2 Å². The normalized spacial score (nSPS) is 20.0. The van der Waals surface area contributed by atoms with Gasteiger partial charge in [-0.2, -0.15) is 13.2 Å². The summed E-state index contributed by atoms with van der Waals surface area (Å²) in [6.07, 6.45) is 0.695. The van der Waals surface area contributed by atoms with Crippen LogP contribution in [0.4, 0.5) is 24.5 Å². The van der Waals surface area contributed by atoms with Crippen molar-refractivity contribution >= 4 is 17.2 Å². The number of halogens is 3. The van der Waals surface area contributed by atoms with Gasteiger partial charge < -0.3 is 4.90 Å². The lowest BCUT2D eigenvalue weighted by Crippen LogP contribution is -2.39. The highest BCUT2D eigenvalue weighted by Gasteiger charge is 2.41. The summed E-state index contributed by atoms with van der Waals surface area (Å²) in [6, 6.07) is 12.2. The number of amidine groups is 1. The van der Waals surface area contributed by atoms with E-state index in [0.29, 0.717) is 5.56 Å². The molecule has 6 heteroatoms. The third-order valence-corrected chi connectivity index (χ3v) is 6.41. The zero-order valence-electron chi connectivity index (χ0n) is 17.1. The number of fused-ring (bicyclic) bond motifs is 2. The molecule has 0 saturated heterocycles. The molecule has 3 aliphatic rings. The highest BCUT2D eigenvalue weighted by Crippen LogP contribution is 2.52. The Bertz CT molecular complexity index is 1070. The molecule has 0 unspecified atom stereocenters. The maximum atomic E-state index is 13.5. The van der Waals surface area contributed by atoms with E-state index in [0.717, 1.165) is 60.9 Å². The molecule has 3 heterocycles. The molecule has 0 saturated carbocycles. The van der Waals surface area contributed by atoms with E-state index in [1.54, 1.807) is 6.07 Å². The molecule has 0 spiro atoms. The van der Waals surface area contributed by atoms with Gasteiger partial charge in [0.1, 0.15) is 11.7 Å². The Labute approximate surface area is 174 Å². The largest absolute Gasteiger partial charge is 0.416 e. The number of anilines is 2. The molecule has 156 valence electrons. The molecule has 3 nitrogen and oxygen atoms in total. The first-order chi connectivity index (χ1) is 14.3. The van der Waals surface area contributed by atoms with Gasteiger partial charge in [-0.25, -0.2) is 0 Å². The summed E-state index contributed by atoms with van der Waals surface area (Å²) in [5, 5.41) is 0. The van der Waals surface area contributed by atoms with Crippen molar-refractivity contribution in [1.29, 1.82) is 0 Å². The maximum absolute atomic E-state index is 13.5. The Morgan fingerprint density at radius 2 is 1.77 bits per heavy atom. The van der Waals surface area contributed by atoms with Crippen LogP contribution in [-0.2, 0) is 11.6 Å². The van der Waals surface area contributed by atoms with Crippen LogP contribution in [-0.4, -0.2) is 23.8 Å². The Balaban J connectivity index is 1.71. The molecule has 2 aromatic carbocycles. The van der Waals surface area contributed by atoms with E-state index in [1.807, 2.05) is 32.0 Å². The SMILES string of the molecule is CC1(C)c2ccccc2N(C2=CCCN2C2=NCCC2)c2ccc(C(F)(F)F)cc21. The predicted molar refractivity (Wildman–Crippen MR) is 113 cm³/mol. The summed E-state index contributed by atoms with van der Waals surface area (Å²) < 4.78 is 40.6. The van der Waals surface area contributed by atoms with Crippen molar-refractivity contribution < 1.29 is 13.2 Å². The number of hydrogen-bond donors (Lipinski definition) is 0. The second-order valence-corrected chi connectivity index (χ2v) is 8.61. The van der Waals surface area contributed by atoms with Crippen molar-refractivity contribution in [3.63, 3.8) is 0 Å². The van der Waals surface area contributed by atoms with Gasteiger partial charge in [-0.1, -0.05) is 32.0 Å². The molecule has 0 aliphatic carbocycles. The van der Waals surface area contributed by atoms with E-state index in [2.05, 4.69) is 26.9 Å². The number of alkyl halides is 3. The molecule has 5 rings (SSSR count). The minimum Gasteiger partial charge on any atom is -0.316 e. The Kier molecular flexibility index (Phi) is 4.24. The van der Waals surface area contributed by atoms with E-state index in [9.17, 15) is 13.2 Å². The number of nitrogens with zero attached hydrogens (tertiary/aromatic N) is 3. The molecule has 3 aliphatic heterocycles. The average molecular weight is 411 g/mol. The van der Waals surface area contributed by atoms with Crippen LogP contribution in [0.3, 0.4) is 0 Å². The van der Waals surface area contributed by atoms with Crippen molar-refractivity contribution in [3.05, 3.63) is 71.1 Å². The van der Waals surface area contributed by atoms with E-state index >= 15 is 0 Å². The fourth-order valence-electron chi connectivity index (χ4n) is 4.89. The molecular weight excluding hydrogens is 387 g/mol. The van der Waals surface area contributed by atoms with Gasteiger partial charge >= 0.3 is 6.18 Å². The number of para-hydroxylation sites is 1. The van der Waals surface area contributed by atoms with Gasteiger partial charge in [-0.3, -0.25) is 9.89 Å². The molecule has 0 amide bonds. The van der Waals surface area contributed by atoms with Gasteiger partial charge in [-0.15, -0.1) is 0 Å². The van der Waals surface area contributed by atoms with Gasteiger partial charge in [0.15, 0.2) is 0 Å². The lowest BCUT2D eigenvalue weighted by atomic mass is 9.73. The van der Waals surface area contributed by atoms with Gasteiger partial charge in [0.25, 0.3) is 0 Å². The smallest absolute Gasteiger partial charge is 0.316 e. The minimum absolute atomic E-state index is 0.543. The summed E-state index contributed by atoms with van der Waals surface area (Å²) in [7, 11) is 0. The fraction of sp³-hybridized carbons (Fsp3) is 0.375. The average Bonchev–Trinajstić information content (AvgIpc) is 3.39. The molecule has 2 aromatic rings. The summed E-state index contributed by atoms with van der Waals surface area (Å²) in [4.78, 5) is 9.04. The topological polar surface area (TPSA) is 18.8 Å². The van der Waals surface area contributed by atoms with Crippen LogP contribution in [0.1, 0.15) is 49.8 Å². The standard InChI is InChI=1S/C24H24F3N3/c1-23(2)17-7-3-4-8-19(17)30(20-12-11-16(15-18(20)23)24(25,26)27)22-10-6-14-29(22)21-9-5-13-28-21/h3-4,7-8,10-12,15H,5-6,9,13-14H2,1-2H3. The highest BCUT2D eigenvalue weighted by atomic mass is 19.4. The summed E-state index contributed by atoms with van der Waals surface area (Å²) >= 11 is 0. The van der Waals surface area contributed by atoms with Crippen molar-refractivity contribution in [2.45, 2.75) is 44.7 Å².